The van der Waals surface area contributed by atoms with Crippen molar-refractivity contribution in [2.45, 2.75) is 0 Å². The standard InChI is InChI=1S/C21H19N5O4/c1-28-16-10-13(11-17(29-2)19(16)30-3)8-9-18-24-20(26-21(25-18)23-12-22)14-6-4-5-7-15(14)27/h4-11,27H,1-3H3,(H,23,24,25,26)/b9-8+. The molecule has 0 aliphatic rings. The fourth-order valence-corrected chi connectivity index (χ4v) is 2.72. The van der Waals surface area contributed by atoms with Gasteiger partial charge in [0.25, 0.3) is 0 Å². The second-order valence-electron chi connectivity index (χ2n) is 5.89. The molecule has 9 heteroatoms. The van der Waals surface area contributed by atoms with Gasteiger partial charge in [-0.2, -0.15) is 15.2 Å². The highest BCUT2D eigenvalue weighted by Gasteiger charge is 2.13. The Labute approximate surface area is 173 Å². The Morgan fingerprint density at radius 3 is 2.27 bits per heavy atom. The summed E-state index contributed by atoms with van der Waals surface area (Å²) in [6.07, 6.45) is 5.19. The van der Waals surface area contributed by atoms with Crippen molar-refractivity contribution in [2.24, 2.45) is 0 Å². The van der Waals surface area contributed by atoms with E-state index in [2.05, 4.69) is 20.3 Å². The summed E-state index contributed by atoms with van der Waals surface area (Å²) < 4.78 is 16.0. The molecular weight excluding hydrogens is 386 g/mol. The third-order valence-corrected chi connectivity index (χ3v) is 4.08. The lowest BCUT2D eigenvalue weighted by Gasteiger charge is -2.12. The number of phenolic OH excluding ortho intramolecular Hbond substituents is 1. The number of anilines is 1. The number of nitrogens with one attached hydrogen (secondary N) is 1. The van der Waals surface area contributed by atoms with Crippen LogP contribution in [0.4, 0.5) is 5.95 Å². The number of aromatic nitrogens is 3. The Balaban J connectivity index is 2.03. The van der Waals surface area contributed by atoms with Gasteiger partial charge in [-0.25, -0.2) is 4.98 Å². The molecule has 0 spiro atoms. The van der Waals surface area contributed by atoms with Crippen LogP contribution in [0, 0.1) is 11.5 Å². The molecule has 2 aromatic carbocycles. The number of nitrogens with zero attached hydrogens (tertiary/aromatic N) is 4. The molecule has 0 atom stereocenters. The summed E-state index contributed by atoms with van der Waals surface area (Å²) in [4.78, 5) is 12.8. The number of hydrogen-bond donors (Lipinski definition) is 2. The molecule has 0 amide bonds. The second-order valence-corrected chi connectivity index (χ2v) is 5.89. The van der Waals surface area contributed by atoms with Gasteiger partial charge in [0.05, 0.1) is 26.9 Å². The molecule has 1 heterocycles. The topological polar surface area (TPSA) is 122 Å². The zero-order valence-electron chi connectivity index (χ0n) is 16.6. The number of aromatic hydroxyl groups is 1. The molecule has 30 heavy (non-hydrogen) atoms. The SMILES string of the molecule is COc1cc(/C=C/c2nc(NC#N)nc(-c3ccccc3O)n2)cc(OC)c1OC. The predicted molar refractivity (Wildman–Crippen MR) is 111 cm³/mol. The van der Waals surface area contributed by atoms with E-state index in [1.165, 1.54) is 27.4 Å². The highest BCUT2D eigenvalue weighted by molar-refractivity contribution is 5.72. The zero-order chi connectivity index (χ0) is 21.5. The molecule has 0 aliphatic heterocycles. The maximum absolute atomic E-state index is 10.1. The van der Waals surface area contributed by atoms with Gasteiger partial charge in [0.2, 0.25) is 11.7 Å². The zero-order valence-corrected chi connectivity index (χ0v) is 16.6. The Kier molecular flexibility index (Phi) is 6.29. The minimum absolute atomic E-state index is 0.0196. The van der Waals surface area contributed by atoms with E-state index in [0.29, 0.717) is 22.8 Å². The lowest BCUT2D eigenvalue weighted by Crippen LogP contribution is -2.02. The van der Waals surface area contributed by atoms with Crippen molar-refractivity contribution in [1.82, 2.24) is 15.0 Å². The molecule has 0 saturated carbocycles. The Morgan fingerprint density at radius 2 is 1.67 bits per heavy atom. The number of benzene rings is 2. The summed E-state index contributed by atoms with van der Waals surface area (Å²) in [5.41, 5.74) is 1.17. The fourth-order valence-electron chi connectivity index (χ4n) is 2.72. The van der Waals surface area contributed by atoms with E-state index in [-0.39, 0.29) is 23.3 Å². The number of ether oxygens (including phenoxy) is 3. The van der Waals surface area contributed by atoms with Gasteiger partial charge in [-0.3, -0.25) is 5.32 Å². The molecule has 0 bridgehead atoms. The first kappa shape index (κ1) is 20.4. The largest absolute Gasteiger partial charge is 0.507 e. The minimum atomic E-state index is 0.0196. The van der Waals surface area contributed by atoms with Gasteiger partial charge >= 0.3 is 0 Å². The number of rotatable bonds is 7. The number of nitriles is 1. The summed E-state index contributed by atoms with van der Waals surface area (Å²) in [5, 5.41) is 21.4. The van der Waals surface area contributed by atoms with Gasteiger partial charge in [-0.05, 0) is 35.9 Å². The summed E-state index contributed by atoms with van der Waals surface area (Å²) in [5.74, 6) is 2.10. The third-order valence-electron chi connectivity index (χ3n) is 4.08. The normalized spacial score (nSPS) is 10.5. The van der Waals surface area contributed by atoms with Crippen LogP contribution in [0.5, 0.6) is 23.0 Å². The van der Waals surface area contributed by atoms with Crippen molar-refractivity contribution in [1.29, 1.82) is 5.26 Å². The molecular formula is C21H19N5O4. The van der Waals surface area contributed by atoms with Crippen LogP contribution in [0.1, 0.15) is 11.4 Å². The molecule has 3 aromatic rings. The van der Waals surface area contributed by atoms with Crippen molar-refractivity contribution in [2.75, 3.05) is 26.6 Å². The smallest absolute Gasteiger partial charge is 0.240 e. The molecule has 0 saturated heterocycles. The summed E-state index contributed by atoms with van der Waals surface area (Å²) in [6, 6.07) is 10.2. The molecule has 1 aromatic heterocycles. The first-order chi connectivity index (χ1) is 14.6. The highest BCUT2D eigenvalue weighted by atomic mass is 16.5. The van der Waals surface area contributed by atoms with Gasteiger partial charge in [0.1, 0.15) is 5.75 Å². The van der Waals surface area contributed by atoms with E-state index in [9.17, 15) is 5.11 Å². The van der Waals surface area contributed by atoms with Gasteiger partial charge < -0.3 is 19.3 Å². The van der Waals surface area contributed by atoms with Crippen molar-refractivity contribution in [3.63, 3.8) is 0 Å². The van der Waals surface area contributed by atoms with Crippen molar-refractivity contribution in [3.8, 4) is 40.6 Å². The average molecular weight is 405 g/mol. The van der Waals surface area contributed by atoms with Crippen LogP contribution in [-0.2, 0) is 0 Å². The van der Waals surface area contributed by atoms with E-state index >= 15 is 0 Å². The van der Waals surface area contributed by atoms with Crippen LogP contribution in [0.15, 0.2) is 36.4 Å². The van der Waals surface area contributed by atoms with Crippen LogP contribution in [0.2, 0.25) is 0 Å². The van der Waals surface area contributed by atoms with Gasteiger partial charge in [0.15, 0.2) is 29.3 Å². The highest BCUT2D eigenvalue weighted by Crippen LogP contribution is 2.38. The van der Waals surface area contributed by atoms with E-state index in [4.69, 9.17) is 19.5 Å². The lowest BCUT2D eigenvalue weighted by atomic mass is 10.1. The maximum atomic E-state index is 10.1. The predicted octanol–water partition coefficient (Wildman–Crippen LogP) is 3.33. The molecule has 0 fully saturated rings. The van der Waals surface area contributed by atoms with Crippen LogP contribution in [0.25, 0.3) is 23.5 Å². The quantitative estimate of drug-likeness (QED) is 0.450. The van der Waals surface area contributed by atoms with E-state index in [1.807, 2.05) is 0 Å². The van der Waals surface area contributed by atoms with Crippen LogP contribution in [-0.4, -0.2) is 41.4 Å². The fraction of sp³-hybridized carbons (Fsp3) is 0.143. The van der Waals surface area contributed by atoms with Gasteiger partial charge in [0, 0.05) is 0 Å². The summed E-state index contributed by atoms with van der Waals surface area (Å²) in [6.45, 7) is 0. The van der Waals surface area contributed by atoms with E-state index in [0.717, 1.165) is 5.56 Å². The summed E-state index contributed by atoms with van der Waals surface area (Å²) >= 11 is 0. The first-order valence-corrected chi connectivity index (χ1v) is 8.77. The maximum Gasteiger partial charge on any atom is 0.240 e. The van der Waals surface area contributed by atoms with Crippen LogP contribution < -0.4 is 19.5 Å². The van der Waals surface area contributed by atoms with Crippen molar-refractivity contribution in [3.05, 3.63) is 47.8 Å². The molecule has 0 unspecified atom stereocenters. The number of phenols is 1. The van der Waals surface area contributed by atoms with Crippen molar-refractivity contribution >= 4 is 18.1 Å². The monoisotopic (exact) mass is 405 g/mol. The number of methoxy groups -OCH3 is 3. The molecule has 9 nitrogen and oxygen atoms in total. The van der Waals surface area contributed by atoms with E-state index in [1.54, 1.807) is 48.7 Å². The summed E-state index contributed by atoms with van der Waals surface area (Å²) in [7, 11) is 4.61. The Bertz CT molecular complexity index is 1100. The van der Waals surface area contributed by atoms with Gasteiger partial charge in [-0.15, -0.1) is 0 Å². The number of hydrogen-bond acceptors (Lipinski definition) is 9. The van der Waals surface area contributed by atoms with E-state index < -0.39 is 0 Å². The van der Waals surface area contributed by atoms with Gasteiger partial charge in [-0.1, -0.05) is 18.2 Å². The molecule has 0 radical (unpaired) electrons. The minimum Gasteiger partial charge on any atom is -0.507 e. The third kappa shape index (κ3) is 4.39. The molecule has 2 N–H and O–H groups in total. The first-order valence-electron chi connectivity index (χ1n) is 8.77. The molecule has 152 valence electrons. The van der Waals surface area contributed by atoms with Crippen LogP contribution in [0.3, 0.4) is 0 Å². The second kappa shape index (κ2) is 9.25. The number of para-hydroxylation sites is 1. The van der Waals surface area contributed by atoms with Crippen LogP contribution >= 0.6 is 0 Å². The van der Waals surface area contributed by atoms with Crippen molar-refractivity contribution < 1.29 is 19.3 Å². The lowest BCUT2D eigenvalue weighted by molar-refractivity contribution is 0.324. The molecule has 0 aliphatic carbocycles. The Hall–Kier alpha value is -4.32. The average Bonchev–Trinajstić information content (AvgIpc) is 2.77. The Morgan fingerprint density at radius 1 is 0.967 bits per heavy atom. The molecule has 3 rings (SSSR count).